The fourth-order valence-electron chi connectivity index (χ4n) is 1.89. The highest BCUT2D eigenvalue weighted by atomic mass is 16.5. The summed E-state index contributed by atoms with van der Waals surface area (Å²) < 4.78 is 11.0. The van der Waals surface area contributed by atoms with E-state index in [4.69, 9.17) is 9.47 Å². The van der Waals surface area contributed by atoms with Crippen molar-refractivity contribution in [2.24, 2.45) is 0 Å². The zero-order chi connectivity index (χ0) is 14.5. The molecule has 0 aliphatic heterocycles. The molecule has 1 atom stereocenters. The molecule has 0 saturated carbocycles. The molecule has 1 unspecified atom stereocenters. The van der Waals surface area contributed by atoms with Crippen LogP contribution in [0.4, 0.5) is 0 Å². The minimum Gasteiger partial charge on any atom is -0.386 e. The van der Waals surface area contributed by atoms with Crippen molar-refractivity contribution in [2.75, 3.05) is 19.8 Å². The third-order valence-corrected chi connectivity index (χ3v) is 2.82. The summed E-state index contributed by atoms with van der Waals surface area (Å²) in [4.78, 5) is 0. The number of rotatable bonds is 6. The molecule has 3 nitrogen and oxygen atoms in total. The predicted octanol–water partition coefficient (Wildman–Crippen LogP) is 3.17. The van der Waals surface area contributed by atoms with Gasteiger partial charge in [0.05, 0.1) is 25.4 Å². The minimum absolute atomic E-state index is 0.143. The molecule has 3 heteroatoms. The van der Waals surface area contributed by atoms with E-state index in [0.717, 1.165) is 11.1 Å². The van der Waals surface area contributed by atoms with E-state index in [1.807, 2.05) is 46.8 Å². The van der Waals surface area contributed by atoms with E-state index in [1.54, 1.807) is 0 Å². The van der Waals surface area contributed by atoms with Crippen molar-refractivity contribution in [3.05, 3.63) is 34.9 Å². The van der Waals surface area contributed by atoms with Gasteiger partial charge in [0.25, 0.3) is 0 Å². The first kappa shape index (κ1) is 16.2. The maximum Gasteiger partial charge on any atom is 0.103 e. The average molecular weight is 266 g/mol. The lowest BCUT2D eigenvalue weighted by Crippen LogP contribution is -2.22. The smallest absolute Gasteiger partial charge is 0.103 e. The summed E-state index contributed by atoms with van der Waals surface area (Å²) >= 11 is 0. The van der Waals surface area contributed by atoms with Crippen LogP contribution < -0.4 is 0 Å². The molecule has 0 amide bonds. The van der Waals surface area contributed by atoms with E-state index in [9.17, 15) is 5.11 Å². The highest BCUT2D eigenvalue weighted by Gasteiger charge is 2.12. The molecule has 0 saturated heterocycles. The molecule has 1 rings (SSSR count). The highest BCUT2D eigenvalue weighted by Crippen LogP contribution is 2.19. The Labute approximate surface area is 116 Å². The maximum atomic E-state index is 10.1. The summed E-state index contributed by atoms with van der Waals surface area (Å²) in [5.41, 5.74) is 3.09. The van der Waals surface area contributed by atoms with Crippen molar-refractivity contribution < 1.29 is 14.6 Å². The first-order chi connectivity index (χ1) is 8.79. The molecule has 0 spiro atoms. The van der Waals surface area contributed by atoms with Crippen LogP contribution in [-0.2, 0) is 9.47 Å². The summed E-state index contributed by atoms with van der Waals surface area (Å²) in [7, 11) is 0. The van der Waals surface area contributed by atoms with Crippen molar-refractivity contribution in [3.63, 3.8) is 0 Å². The number of hydrogen-bond acceptors (Lipinski definition) is 3. The highest BCUT2D eigenvalue weighted by molar-refractivity contribution is 5.31. The Kier molecular flexibility index (Phi) is 5.98. The van der Waals surface area contributed by atoms with Crippen molar-refractivity contribution in [2.45, 2.75) is 46.3 Å². The lowest BCUT2D eigenvalue weighted by atomic mass is 10.0. The van der Waals surface area contributed by atoms with E-state index in [0.29, 0.717) is 19.8 Å². The second-order valence-electron chi connectivity index (χ2n) is 5.91. The molecule has 1 aromatic rings. The van der Waals surface area contributed by atoms with Gasteiger partial charge in [0.2, 0.25) is 0 Å². The second kappa shape index (κ2) is 7.04. The quantitative estimate of drug-likeness (QED) is 0.804. The van der Waals surface area contributed by atoms with Crippen molar-refractivity contribution in [1.29, 1.82) is 0 Å². The lowest BCUT2D eigenvalue weighted by Gasteiger charge is -2.20. The van der Waals surface area contributed by atoms with Crippen LogP contribution in [0.2, 0.25) is 0 Å². The van der Waals surface area contributed by atoms with Gasteiger partial charge < -0.3 is 14.6 Å². The SMILES string of the molecule is Cc1ccc(C(O)COCCOC(C)(C)C)c(C)c1. The Hall–Kier alpha value is -0.900. The van der Waals surface area contributed by atoms with E-state index in [2.05, 4.69) is 6.07 Å². The van der Waals surface area contributed by atoms with Gasteiger partial charge in [-0.15, -0.1) is 0 Å². The zero-order valence-electron chi connectivity index (χ0n) is 12.7. The van der Waals surface area contributed by atoms with Gasteiger partial charge in [-0.2, -0.15) is 0 Å². The molecule has 0 radical (unpaired) electrons. The zero-order valence-corrected chi connectivity index (χ0v) is 12.7. The molecule has 0 fully saturated rings. The molecule has 0 aliphatic carbocycles. The summed E-state index contributed by atoms with van der Waals surface area (Å²) in [5.74, 6) is 0. The van der Waals surface area contributed by atoms with E-state index >= 15 is 0 Å². The molecule has 0 aromatic heterocycles. The van der Waals surface area contributed by atoms with Crippen LogP contribution in [0, 0.1) is 13.8 Å². The van der Waals surface area contributed by atoms with Gasteiger partial charge in [0, 0.05) is 0 Å². The van der Waals surface area contributed by atoms with Crippen LogP contribution in [0.5, 0.6) is 0 Å². The van der Waals surface area contributed by atoms with Crippen LogP contribution in [0.15, 0.2) is 18.2 Å². The van der Waals surface area contributed by atoms with E-state index in [-0.39, 0.29) is 5.60 Å². The third-order valence-electron chi connectivity index (χ3n) is 2.82. The van der Waals surface area contributed by atoms with Crippen LogP contribution in [-0.4, -0.2) is 30.5 Å². The molecule has 0 aliphatic rings. The van der Waals surface area contributed by atoms with Gasteiger partial charge in [0.1, 0.15) is 6.10 Å². The number of aliphatic hydroxyl groups excluding tert-OH is 1. The van der Waals surface area contributed by atoms with Crippen LogP contribution in [0.25, 0.3) is 0 Å². The standard InChI is InChI=1S/C16H26O3/c1-12-6-7-14(13(2)10-12)15(17)11-18-8-9-19-16(3,4)5/h6-7,10,15,17H,8-9,11H2,1-5H3. The van der Waals surface area contributed by atoms with E-state index < -0.39 is 6.10 Å². The molecule has 0 heterocycles. The van der Waals surface area contributed by atoms with Gasteiger partial charge in [-0.25, -0.2) is 0 Å². The van der Waals surface area contributed by atoms with Gasteiger partial charge >= 0.3 is 0 Å². The fraction of sp³-hybridized carbons (Fsp3) is 0.625. The van der Waals surface area contributed by atoms with Gasteiger partial charge in [0.15, 0.2) is 0 Å². The minimum atomic E-state index is -0.574. The van der Waals surface area contributed by atoms with Crippen molar-refractivity contribution in [1.82, 2.24) is 0 Å². The Morgan fingerprint density at radius 3 is 2.42 bits per heavy atom. The molecule has 1 N–H and O–H groups in total. The largest absolute Gasteiger partial charge is 0.386 e. The Morgan fingerprint density at radius 1 is 1.16 bits per heavy atom. The first-order valence-corrected chi connectivity index (χ1v) is 6.76. The fourth-order valence-corrected chi connectivity index (χ4v) is 1.89. The Balaban J connectivity index is 2.33. The van der Waals surface area contributed by atoms with Gasteiger partial charge in [-0.1, -0.05) is 23.8 Å². The molecule has 0 bridgehead atoms. The summed E-state index contributed by atoms with van der Waals surface area (Å²) in [6.45, 7) is 11.4. The Bertz CT molecular complexity index is 393. The van der Waals surface area contributed by atoms with Gasteiger partial charge in [-0.3, -0.25) is 0 Å². The molecule has 1 aromatic carbocycles. The number of aryl methyl sites for hydroxylation is 2. The van der Waals surface area contributed by atoms with E-state index in [1.165, 1.54) is 5.56 Å². The normalized spacial score (nSPS) is 13.6. The van der Waals surface area contributed by atoms with Crippen molar-refractivity contribution in [3.8, 4) is 0 Å². The summed E-state index contributed by atoms with van der Waals surface area (Å²) in [6.07, 6.45) is -0.574. The van der Waals surface area contributed by atoms with Crippen molar-refractivity contribution >= 4 is 0 Å². The molecule has 108 valence electrons. The second-order valence-corrected chi connectivity index (χ2v) is 5.91. The molecular formula is C16H26O3. The monoisotopic (exact) mass is 266 g/mol. The first-order valence-electron chi connectivity index (χ1n) is 6.76. The third kappa shape index (κ3) is 6.19. The summed E-state index contributed by atoms with van der Waals surface area (Å²) in [6, 6.07) is 6.04. The van der Waals surface area contributed by atoms with Crippen LogP contribution in [0.1, 0.15) is 43.6 Å². The predicted molar refractivity (Wildman–Crippen MR) is 77.4 cm³/mol. The number of benzene rings is 1. The molecule has 19 heavy (non-hydrogen) atoms. The van der Waals surface area contributed by atoms with Crippen LogP contribution in [0.3, 0.4) is 0 Å². The number of hydrogen-bond donors (Lipinski definition) is 1. The summed E-state index contributed by atoms with van der Waals surface area (Å²) in [5, 5.41) is 10.1. The topological polar surface area (TPSA) is 38.7 Å². The van der Waals surface area contributed by atoms with Gasteiger partial charge in [-0.05, 0) is 45.7 Å². The Morgan fingerprint density at radius 2 is 1.84 bits per heavy atom. The lowest BCUT2D eigenvalue weighted by molar-refractivity contribution is -0.0478. The average Bonchev–Trinajstić information content (AvgIpc) is 2.26. The number of aliphatic hydroxyl groups is 1. The maximum absolute atomic E-state index is 10.1. The van der Waals surface area contributed by atoms with Crippen LogP contribution >= 0.6 is 0 Å². The number of ether oxygens (including phenoxy) is 2. The molecular weight excluding hydrogens is 240 g/mol.